The lowest BCUT2D eigenvalue weighted by molar-refractivity contribution is 0.151. The second kappa shape index (κ2) is 7.38. The minimum absolute atomic E-state index is 0.250. The number of fused-ring (bicyclic) bond motifs is 3. The molecule has 2 heterocycles. The van der Waals surface area contributed by atoms with Crippen molar-refractivity contribution in [1.82, 2.24) is 9.97 Å². The first kappa shape index (κ1) is 15.7. The molecule has 1 saturated carbocycles. The van der Waals surface area contributed by atoms with E-state index in [1.807, 2.05) is 11.3 Å². The van der Waals surface area contributed by atoms with Gasteiger partial charge >= 0.3 is 0 Å². The lowest BCUT2D eigenvalue weighted by Gasteiger charge is -2.22. The van der Waals surface area contributed by atoms with Gasteiger partial charge in [-0.2, -0.15) is 0 Å². The molecule has 2 aliphatic carbocycles. The zero-order valence-corrected chi connectivity index (χ0v) is 14.0. The minimum atomic E-state index is 0.250. The molecule has 1 fully saturated rings. The van der Waals surface area contributed by atoms with Gasteiger partial charge in [-0.25, -0.2) is 9.97 Å². The van der Waals surface area contributed by atoms with Gasteiger partial charge < -0.3 is 9.84 Å². The Kier molecular flexibility index (Phi) is 5.26. The first-order chi connectivity index (χ1) is 10.8. The van der Waals surface area contributed by atoms with Crippen LogP contribution < -0.4 is 4.74 Å². The minimum Gasteiger partial charge on any atom is -0.474 e. The van der Waals surface area contributed by atoms with E-state index >= 15 is 0 Å². The quantitative estimate of drug-likeness (QED) is 0.912. The highest BCUT2D eigenvalue weighted by Gasteiger charge is 2.23. The van der Waals surface area contributed by atoms with Crippen molar-refractivity contribution < 1.29 is 9.84 Å². The molecule has 22 heavy (non-hydrogen) atoms. The molecule has 0 bridgehead atoms. The second-order valence-corrected chi connectivity index (χ2v) is 6.99. The van der Waals surface area contributed by atoms with Gasteiger partial charge in [-0.05, 0) is 57.4 Å². The summed E-state index contributed by atoms with van der Waals surface area (Å²) in [6.45, 7) is 1.93. The smallest absolute Gasteiger partial charge is 0.225 e. The number of aliphatic hydroxyl groups is 1. The molecule has 4 nitrogen and oxygen atoms in total. The first-order valence-corrected chi connectivity index (χ1v) is 9.18. The molecule has 4 rings (SSSR count). The van der Waals surface area contributed by atoms with Crippen LogP contribution in [0.15, 0.2) is 6.33 Å². The van der Waals surface area contributed by atoms with Crippen LogP contribution in [-0.2, 0) is 12.8 Å². The van der Waals surface area contributed by atoms with E-state index in [1.165, 1.54) is 67.2 Å². The molecule has 0 amide bonds. The zero-order valence-electron chi connectivity index (χ0n) is 13.2. The highest BCUT2D eigenvalue weighted by Crippen LogP contribution is 2.40. The monoisotopic (exact) mass is 320 g/mol. The van der Waals surface area contributed by atoms with Crippen molar-refractivity contribution in [2.24, 2.45) is 0 Å². The van der Waals surface area contributed by atoms with Crippen LogP contribution in [0.2, 0.25) is 0 Å². The SMILES string of the molecule is CCO.c1nc(OC2CCCCC2)c2c3c(sc2n1)CCC3. The summed E-state index contributed by atoms with van der Waals surface area (Å²) in [5.74, 6) is 0.844. The van der Waals surface area contributed by atoms with Crippen molar-refractivity contribution in [3.05, 3.63) is 16.8 Å². The molecule has 120 valence electrons. The van der Waals surface area contributed by atoms with Gasteiger partial charge in [0.25, 0.3) is 0 Å². The fraction of sp³-hybridized carbons (Fsp3) is 0.647. The molecule has 2 aliphatic rings. The molecule has 2 aromatic rings. The molecule has 2 aromatic heterocycles. The molecule has 0 spiro atoms. The number of aliphatic hydroxyl groups excluding tert-OH is 1. The number of aromatic nitrogens is 2. The zero-order chi connectivity index (χ0) is 15.4. The van der Waals surface area contributed by atoms with Crippen LogP contribution in [0.1, 0.15) is 55.9 Å². The Bertz CT molecular complexity index is 620. The lowest BCUT2D eigenvalue weighted by Crippen LogP contribution is -2.20. The summed E-state index contributed by atoms with van der Waals surface area (Å²) in [6.07, 6.45) is 12.0. The number of nitrogens with zero attached hydrogens (tertiary/aromatic N) is 2. The molecule has 0 atom stereocenters. The topological polar surface area (TPSA) is 55.2 Å². The van der Waals surface area contributed by atoms with Crippen molar-refractivity contribution in [3.63, 3.8) is 0 Å². The summed E-state index contributed by atoms with van der Waals surface area (Å²) < 4.78 is 6.21. The highest BCUT2D eigenvalue weighted by atomic mass is 32.1. The second-order valence-electron chi connectivity index (χ2n) is 5.91. The van der Waals surface area contributed by atoms with E-state index in [0.717, 1.165) is 10.7 Å². The third kappa shape index (κ3) is 3.25. The maximum absolute atomic E-state index is 7.57. The summed E-state index contributed by atoms with van der Waals surface area (Å²) >= 11 is 1.83. The molecule has 1 N–H and O–H groups in total. The van der Waals surface area contributed by atoms with Gasteiger partial charge in [-0.3, -0.25) is 0 Å². The standard InChI is InChI=1S/C15H18N2OS.C2H6O/c1-2-5-10(6-3-1)18-14-13-11-7-4-8-12(11)19-15(13)17-9-16-14;1-2-3/h9-10H,1-8H2;3H,2H2,1H3. The average Bonchev–Trinajstić information content (AvgIpc) is 3.10. The van der Waals surface area contributed by atoms with Gasteiger partial charge in [-0.15, -0.1) is 11.3 Å². The van der Waals surface area contributed by atoms with Crippen molar-refractivity contribution in [3.8, 4) is 5.88 Å². The third-order valence-corrected chi connectivity index (χ3v) is 5.50. The predicted molar refractivity (Wildman–Crippen MR) is 89.7 cm³/mol. The van der Waals surface area contributed by atoms with Gasteiger partial charge in [0.05, 0.1) is 5.39 Å². The maximum atomic E-state index is 7.57. The van der Waals surface area contributed by atoms with Gasteiger partial charge in [0.2, 0.25) is 5.88 Å². The van der Waals surface area contributed by atoms with E-state index in [0.29, 0.717) is 6.10 Å². The van der Waals surface area contributed by atoms with Crippen molar-refractivity contribution in [2.45, 2.75) is 64.4 Å². The Morgan fingerprint density at radius 2 is 1.95 bits per heavy atom. The number of rotatable bonds is 2. The summed E-state index contributed by atoms with van der Waals surface area (Å²) in [6, 6.07) is 0. The summed E-state index contributed by atoms with van der Waals surface area (Å²) in [5.41, 5.74) is 1.46. The van der Waals surface area contributed by atoms with Crippen molar-refractivity contribution >= 4 is 21.6 Å². The van der Waals surface area contributed by atoms with Crippen molar-refractivity contribution in [2.75, 3.05) is 6.61 Å². The number of ether oxygens (including phenoxy) is 1. The summed E-state index contributed by atoms with van der Waals surface area (Å²) in [5, 5.41) is 8.78. The summed E-state index contributed by atoms with van der Waals surface area (Å²) in [4.78, 5) is 11.5. The molecule has 0 aromatic carbocycles. The normalized spacial score (nSPS) is 17.9. The van der Waals surface area contributed by atoms with E-state index in [-0.39, 0.29) is 6.61 Å². The molecule has 0 radical (unpaired) electrons. The van der Waals surface area contributed by atoms with Crippen LogP contribution in [-0.4, -0.2) is 27.8 Å². The number of aryl methyl sites for hydroxylation is 2. The van der Waals surface area contributed by atoms with E-state index in [1.54, 1.807) is 13.3 Å². The van der Waals surface area contributed by atoms with E-state index < -0.39 is 0 Å². The van der Waals surface area contributed by atoms with Crippen LogP contribution in [0.25, 0.3) is 10.2 Å². The van der Waals surface area contributed by atoms with Gasteiger partial charge in [0, 0.05) is 11.5 Å². The van der Waals surface area contributed by atoms with E-state index in [9.17, 15) is 0 Å². The number of hydrogen-bond acceptors (Lipinski definition) is 5. The lowest BCUT2D eigenvalue weighted by atomic mass is 9.98. The van der Waals surface area contributed by atoms with Crippen LogP contribution in [0.5, 0.6) is 5.88 Å². The Morgan fingerprint density at radius 3 is 2.73 bits per heavy atom. The summed E-state index contributed by atoms with van der Waals surface area (Å²) in [7, 11) is 0. The van der Waals surface area contributed by atoms with Crippen LogP contribution in [0.4, 0.5) is 0 Å². The Hall–Kier alpha value is -1.20. The molecule has 0 saturated heterocycles. The first-order valence-electron chi connectivity index (χ1n) is 8.36. The fourth-order valence-corrected chi connectivity index (χ4v) is 4.55. The van der Waals surface area contributed by atoms with Crippen LogP contribution >= 0.6 is 11.3 Å². The highest BCUT2D eigenvalue weighted by molar-refractivity contribution is 7.18. The average molecular weight is 320 g/mol. The maximum Gasteiger partial charge on any atom is 0.225 e. The van der Waals surface area contributed by atoms with Gasteiger partial charge in [-0.1, -0.05) is 6.42 Å². The molecule has 5 heteroatoms. The predicted octanol–water partition coefficient (Wildman–Crippen LogP) is 3.89. The fourth-order valence-electron chi connectivity index (χ4n) is 3.33. The molecular formula is C17H24N2O2S. The van der Waals surface area contributed by atoms with Crippen LogP contribution in [0, 0.1) is 0 Å². The Labute approximate surface area is 135 Å². The van der Waals surface area contributed by atoms with Gasteiger partial charge in [0.15, 0.2) is 0 Å². The largest absolute Gasteiger partial charge is 0.474 e. The molecule has 0 aliphatic heterocycles. The number of thiophene rings is 1. The van der Waals surface area contributed by atoms with Crippen molar-refractivity contribution in [1.29, 1.82) is 0 Å². The van der Waals surface area contributed by atoms with Crippen LogP contribution in [0.3, 0.4) is 0 Å². The molecule has 0 unspecified atom stereocenters. The third-order valence-electron chi connectivity index (χ3n) is 4.30. The Morgan fingerprint density at radius 1 is 1.18 bits per heavy atom. The Balaban J connectivity index is 0.000000446. The van der Waals surface area contributed by atoms with E-state index in [2.05, 4.69) is 9.97 Å². The van der Waals surface area contributed by atoms with E-state index in [4.69, 9.17) is 9.84 Å². The number of hydrogen-bond donors (Lipinski definition) is 1. The van der Waals surface area contributed by atoms with Gasteiger partial charge in [0.1, 0.15) is 17.3 Å². The molecular weight excluding hydrogens is 296 g/mol.